The molecule has 2 aliphatic rings. The Kier molecular flexibility index (Phi) is 1.48. The number of carbonyl (C=O) groups is 1. The summed E-state index contributed by atoms with van der Waals surface area (Å²) in [6, 6.07) is 0. The van der Waals surface area contributed by atoms with Crippen LogP contribution in [0.2, 0.25) is 0 Å². The van der Waals surface area contributed by atoms with Gasteiger partial charge in [-0.15, -0.1) is 0 Å². The molecule has 1 fully saturated rings. The van der Waals surface area contributed by atoms with Crippen LogP contribution in [0.1, 0.15) is 33.6 Å². The Morgan fingerprint density at radius 1 is 1.42 bits per heavy atom. The van der Waals surface area contributed by atoms with E-state index < -0.39 is 0 Å². The van der Waals surface area contributed by atoms with Gasteiger partial charge in [-0.2, -0.15) is 0 Å². The molecule has 2 rings (SSSR count). The van der Waals surface area contributed by atoms with Crippen molar-refractivity contribution in [3.63, 3.8) is 0 Å². The van der Waals surface area contributed by atoms with Gasteiger partial charge in [0.25, 0.3) is 0 Å². The Bertz CT molecular complexity index is 260. The third-order valence-corrected chi connectivity index (χ3v) is 3.84. The molecular weight excluding hydrogens is 148 g/mol. The lowest BCUT2D eigenvalue weighted by molar-refractivity contribution is -0.117. The SMILES string of the molecule is CC1=C[C@H]2CC(=O)C[C@H]2C1(C)C. The van der Waals surface area contributed by atoms with E-state index in [0.29, 0.717) is 17.6 Å². The fourth-order valence-corrected chi connectivity index (χ4v) is 2.68. The number of ketones is 1. The van der Waals surface area contributed by atoms with Crippen molar-refractivity contribution in [1.29, 1.82) is 0 Å². The van der Waals surface area contributed by atoms with Crippen LogP contribution in [0.15, 0.2) is 11.6 Å². The Labute approximate surface area is 73.8 Å². The molecule has 0 saturated heterocycles. The molecule has 1 nitrogen and oxygen atoms in total. The van der Waals surface area contributed by atoms with Gasteiger partial charge in [0.1, 0.15) is 5.78 Å². The quantitative estimate of drug-likeness (QED) is 0.503. The predicted molar refractivity (Wildman–Crippen MR) is 48.8 cm³/mol. The van der Waals surface area contributed by atoms with Gasteiger partial charge in [0.05, 0.1) is 0 Å². The summed E-state index contributed by atoms with van der Waals surface area (Å²) in [7, 11) is 0. The minimum absolute atomic E-state index is 0.275. The molecule has 1 heteroatoms. The van der Waals surface area contributed by atoms with Crippen LogP contribution in [0.4, 0.5) is 0 Å². The zero-order chi connectivity index (χ0) is 8.93. The Hall–Kier alpha value is -0.590. The van der Waals surface area contributed by atoms with Gasteiger partial charge in [-0.25, -0.2) is 0 Å². The van der Waals surface area contributed by atoms with Crippen molar-refractivity contribution in [2.45, 2.75) is 33.6 Å². The first kappa shape index (κ1) is 8.03. The zero-order valence-electron chi connectivity index (χ0n) is 8.05. The number of allylic oxidation sites excluding steroid dienone is 2. The topological polar surface area (TPSA) is 17.1 Å². The van der Waals surface area contributed by atoms with E-state index in [9.17, 15) is 4.79 Å². The molecule has 12 heavy (non-hydrogen) atoms. The molecule has 0 amide bonds. The van der Waals surface area contributed by atoms with Crippen molar-refractivity contribution in [2.75, 3.05) is 0 Å². The summed E-state index contributed by atoms with van der Waals surface area (Å²) in [6.45, 7) is 6.73. The molecule has 0 unspecified atom stereocenters. The van der Waals surface area contributed by atoms with E-state index in [4.69, 9.17) is 0 Å². The Morgan fingerprint density at radius 2 is 2.08 bits per heavy atom. The summed E-state index contributed by atoms with van der Waals surface area (Å²) in [6.07, 6.45) is 3.92. The summed E-state index contributed by atoms with van der Waals surface area (Å²) in [4.78, 5) is 11.2. The minimum atomic E-state index is 0.275. The number of fused-ring (bicyclic) bond motifs is 1. The first-order valence-corrected chi connectivity index (χ1v) is 4.72. The molecule has 66 valence electrons. The average Bonchev–Trinajstić information content (AvgIpc) is 2.38. The van der Waals surface area contributed by atoms with Crippen molar-refractivity contribution in [1.82, 2.24) is 0 Å². The van der Waals surface area contributed by atoms with Crippen LogP contribution >= 0.6 is 0 Å². The first-order chi connectivity index (χ1) is 5.51. The second kappa shape index (κ2) is 2.21. The molecule has 2 atom stereocenters. The normalized spacial score (nSPS) is 38.2. The summed E-state index contributed by atoms with van der Waals surface area (Å²) < 4.78 is 0. The average molecular weight is 164 g/mol. The van der Waals surface area contributed by atoms with E-state index in [0.717, 1.165) is 12.8 Å². The van der Waals surface area contributed by atoms with Gasteiger partial charge in [0, 0.05) is 12.8 Å². The van der Waals surface area contributed by atoms with Crippen molar-refractivity contribution < 1.29 is 4.79 Å². The molecule has 0 radical (unpaired) electrons. The van der Waals surface area contributed by atoms with Gasteiger partial charge in [0.15, 0.2) is 0 Å². The van der Waals surface area contributed by atoms with Gasteiger partial charge in [-0.1, -0.05) is 25.5 Å². The predicted octanol–water partition coefficient (Wildman–Crippen LogP) is 2.57. The number of hydrogen-bond donors (Lipinski definition) is 0. The van der Waals surface area contributed by atoms with Crippen LogP contribution in [-0.4, -0.2) is 5.78 Å². The van der Waals surface area contributed by atoms with Crippen LogP contribution in [0.3, 0.4) is 0 Å². The van der Waals surface area contributed by atoms with Gasteiger partial charge in [-0.3, -0.25) is 4.79 Å². The maximum Gasteiger partial charge on any atom is 0.133 e. The fourth-order valence-electron chi connectivity index (χ4n) is 2.68. The Balaban J connectivity index is 2.32. The molecule has 2 aliphatic carbocycles. The molecule has 1 saturated carbocycles. The van der Waals surface area contributed by atoms with E-state index in [1.54, 1.807) is 0 Å². The van der Waals surface area contributed by atoms with Gasteiger partial charge < -0.3 is 0 Å². The van der Waals surface area contributed by atoms with Crippen LogP contribution in [-0.2, 0) is 4.79 Å². The van der Waals surface area contributed by atoms with Crippen molar-refractivity contribution in [3.05, 3.63) is 11.6 Å². The van der Waals surface area contributed by atoms with E-state index in [-0.39, 0.29) is 5.41 Å². The smallest absolute Gasteiger partial charge is 0.133 e. The number of rotatable bonds is 0. The lowest BCUT2D eigenvalue weighted by Crippen LogP contribution is -2.21. The summed E-state index contributed by atoms with van der Waals surface area (Å²) in [5, 5.41) is 0. The zero-order valence-corrected chi connectivity index (χ0v) is 8.05. The molecule has 0 aromatic rings. The molecule has 0 aliphatic heterocycles. The van der Waals surface area contributed by atoms with Crippen LogP contribution in [0.5, 0.6) is 0 Å². The van der Waals surface area contributed by atoms with E-state index >= 15 is 0 Å². The fraction of sp³-hybridized carbons (Fsp3) is 0.727. The molecule has 0 aromatic heterocycles. The van der Waals surface area contributed by atoms with Crippen molar-refractivity contribution in [3.8, 4) is 0 Å². The minimum Gasteiger partial charge on any atom is -0.300 e. The monoisotopic (exact) mass is 164 g/mol. The third kappa shape index (κ3) is 0.886. The van der Waals surface area contributed by atoms with Crippen LogP contribution in [0, 0.1) is 17.3 Å². The van der Waals surface area contributed by atoms with Crippen molar-refractivity contribution >= 4 is 5.78 Å². The largest absolute Gasteiger partial charge is 0.300 e. The number of Topliss-reactive ketones (excluding diaryl/α,β-unsaturated/α-hetero) is 1. The highest BCUT2D eigenvalue weighted by atomic mass is 16.1. The number of carbonyl (C=O) groups excluding carboxylic acids is 1. The first-order valence-electron chi connectivity index (χ1n) is 4.72. The van der Waals surface area contributed by atoms with Gasteiger partial charge in [-0.05, 0) is 24.2 Å². The standard InChI is InChI=1S/C11H16O/c1-7-4-8-5-9(12)6-10(8)11(7,2)3/h4,8,10H,5-6H2,1-3H3/t8-,10+/m0/s1. The van der Waals surface area contributed by atoms with Gasteiger partial charge in [0.2, 0.25) is 0 Å². The molecule has 0 heterocycles. The maximum atomic E-state index is 11.2. The molecule has 0 spiro atoms. The summed E-state index contributed by atoms with van der Waals surface area (Å²) in [5.74, 6) is 1.62. The molecule has 0 aromatic carbocycles. The molecule has 0 bridgehead atoms. The molecule has 0 N–H and O–H groups in total. The van der Waals surface area contributed by atoms with Crippen LogP contribution < -0.4 is 0 Å². The van der Waals surface area contributed by atoms with Crippen LogP contribution in [0.25, 0.3) is 0 Å². The number of hydrogen-bond acceptors (Lipinski definition) is 1. The van der Waals surface area contributed by atoms with Gasteiger partial charge >= 0.3 is 0 Å². The third-order valence-electron chi connectivity index (χ3n) is 3.84. The molecular formula is C11H16O. The summed E-state index contributed by atoms with van der Waals surface area (Å²) >= 11 is 0. The highest BCUT2D eigenvalue weighted by Crippen LogP contribution is 2.52. The van der Waals surface area contributed by atoms with E-state index in [1.807, 2.05) is 0 Å². The lowest BCUT2D eigenvalue weighted by atomic mass is 9.76. The second-order valence-corrected chi connectivity index (χ2v) is 4.79. The Morgan fingerprint density at radius 3 is 2.67 bits per heavy atom. The van der Waals surface area contributed by atoms with E-state index in [1.165, 1.54) is 5.57 Å². The second-order valence-electron chi connectivity index (χ2n) is 4.79. The van der Waals surface area contributed by atoms with Crippen molar-refractivity contribution in [2.24, 2.45) is 17.3 Å². The highest BCUT2D eigenvalue weighted by Gasteiger charge is 2.46. The van der Waals surface area contributed by atoms with E-state index in [2.05, 4.69) is 26.8 Å². The summed E-state index contributed by atoms with van der Waals surface area (Å²) in [5.41, 5.74) is 1.75. The highest BCUT2D eigenvalue weighted by molar-refractivity contribution is 5.82. The lowest BCUT2D eigenvalue weighted by Gasteiger charge is -2.28. The maximum absolute atomic E-state index is 11.2.